The molecule has 4 aromatic carbocycles. The van der Waals surface area contributed by atoms with Crippen molar-refractivity contribution in [1.29, 1.82) is 0 Å². The molecule has 0 amide bonds. The fraction of sp³-hybridized carbons (Fsp3) is 0.103. The maximum atomic E-state index is 12.7. The van der Waals surface area contributed by atoms with Crippen molar-refractivity contribution in [3.05, 3.63) is 118 Å². The van der Waals surface area contributed by atoms with E-state index >= 15 is 0 Å². The summed E-state index contributed by atoms with van der Waals surface area (Å²) in [6.45, 7) is -0.0399. The van der Waals surface area contributed by atoms with E-state index in [9.17, 15) is 19.8 Å². The van der Waals surface area contributed by atoms with Crippen molar-refractivity contribution in [3.63, 3.8) is 0 Å². The Morgan fingerprint density at radius 3 is 2.00 bits per heavy atom. The predicted molar refractivity (Wildman–Crippen MR) is 141 cm³/mol. The molecule has 0 aliphatic rings. The van der Waals surface area contributed by atoms with Gasteiger partial charge in [0.25, 0.3) is 0 Å². The van der Waals surface area contributed by atoms with Gasteiger partial charge in [-0.15, -0.1) is 0 Å². The first-order chi connectivity index (χ1) is 19.9. The summed E-state index contributed by atoms with van der Waals surface area (Å²) in [5, 5.41) is 27.8. The summed E-state index contributed by atoms with van der Waals surface area (Å²) in [5.74, 6) is 3.42. The molecular formula is C29H25NO11. The molecule has 5 N–H and O–H groups in total. The van der Waals surface area contributed by atoms with Crippen molar-refractivity contribution in [2.75, 3.05) is 0 Å². The number of phenolic OH excluding ortho intramolecular Hbond substituents is 1. The number of hydrogen-bond acceptors (Lipinski definition) is 11. The van der Waals surface area contributed by atoms with Crippen molar-refractivity contribution < 1.29 is 54.3 Å². The van der Waals surface area contributed by atoms with E-state index in [1.165, 1.54) is 24.3 Å². The summed E-state index contributed by atoms with van der Waals surface area (Å²) in [6.07, 6.45) is 0.574. The molecule has 0 saturated heterocycles. The van der Waals surface area contributed by atoms with Crippen LogP contribution in [-0.2, 0) is 34.4 Å². The zero-order valence-corrected chi connectivity index (χ0v) is 21.4. The smallest absolute Gasteiger partial charge is 0.344 e. The van der Waals surface area contributed by atoms with E-state index in [-0.39, 0.29) is 41.6 Å². The second-order valence-corrected chi connectivity index (χ2v) is 8.62. The number of phenols is 1. The molecule has 12 heteroatoms. The number of esters is 1. The molecule has 0 aliphatic carbocycles. The molecule has 0 radical (unpaired) electrons. The van der Waals surface area contributed by atoms with Gasteiger partial charge < -0.3 is 24.7 Å². The zero-order valence-electron chi connectivity index (χ0n) is 21.4. The average molecular weight is 564 g/mol. The van der Waals surface area contributed by atoms with Gasteiger partial charge >= 0.3 is 11.9 Å². The van der Waals surface area contributed by atoms with E-state index < -0.39 is 11.9 Å². The Bertz CT molecular complexity index is 1490. The Kier molecular flexibility index (Phi) is 9.83. The summed E-state index contributed by atoms with van der Waals surface area (Å²) >= 11 is 0. The van der Waals surface area contributed by atoms with Crippen LogP contribution >= 0.6 is 0 Å². The molecule has 4 aromatic rings. The Morgan fingerprint density at radius 1 is 0.707 bits per heavy atom. The predicted octanol–water partition coefficient (Wildman–Crippen LogP) is 4.58. The lowest BCUT2D eigenvalue weighted by Gasteiger charge is -2.10. The van der Waals surface area contributed by atoms with Crippen LogP contribution in [-0.4, -0.2) is 27.4 Å². The van der Waals surface area contributed by atoms with Gasteiger partial charge in [-0.1, -0.05) is 35.3 Å². The van der Waals surface area contributed by atoms with Crippen LogP contribution < -0.4 is 20.4 Å². The van der Waals surface area contributed by atoms with E-state index in [2.05, 4.69) is 14.8 Å². The molecular weight excluding hydrogens is 538 g/mol. The maximum Gasteiger partial charge on any atom is 0.344 e. The van der Waals surface area contributed by atoms with Crippen LogP contribution in [0.2, 0.25) is 0 Å². The van der Waals surface area contributed by atoms with Gasteiger partial charge in [0.2, 0.25) is 0 Å². The van der Waals surface area contributed by atoms with E-state index in [0.717, 1.165) is 17.2 Å². The second kappa shape index (κ2) is 13.9. The van der Waals surface area contributed by atoms with Crippen LogP contribution in [0, 0.1) is 0 Å². The van der Waals surface area contributed by atoms with Gasteiger partial charge in [-0.2, -0.15) is 10.8 Å². The number of carboxylic acid groups (broad SMARTS) is 1. The van der Waals surface area contributed by atoms with Gasteiger partial charge in [0.1, 0.15) is 24.7 Å². The number of carboxylic acids is 1. The quantitative estimate of drug-likeness (QED) is 0.0772. The lowest BCUT2D eigenvalue weighted by molar-refractivity contribution is -0.253. The lowest BCUT2D eigenvalue weighted by atomic mass is 10.0. The minimum Gasteiger partial charge on any atom is -0.508 e. The van der Waals surface area contributed by atoms with Crippen molar-refractivity contribution >= 4 is 11.9 Å². The minimum absolute atomic E-state index is 0.0186. The molecule has 0 spiro atoms. The molecule has 0 aliphatic heterocycles. The molecule has 212 valence electrons. The summed E-state index contributed by atoms with van der Waals surface area (Å²) in [4.78, 5) is 47.7. The molecule has 0 saturated carbocycles. The highest BCUT2D eigenvalue weighted by atomic mass is 17.3. The third-order valence-corrected chi connectivity index (χ3v) is 5.83. The highest BCUT2D eigenvalue weighted by Crippen LogP contribution is 2.23. The lowest BCUT2D eigenvalue weighted by Crippen LogP contribution is -2.15. The van der Waals surface area contributed by atoms with Crippen LogP contribution in [0.1, 0.15) is 43.0 Å². The Hall–Kier alpha value is -4.98. The van der Waals surface area contributed by atoms with Crippen LogP contribution in [0.5, 0.6) is 23.0 Å². The first-order valence-corrected chi connectivity index (χ1v) is 12.0. The molecule has 0 aromatic heterocycles. The monoisotopic (exact) mass is 563 g/mol. The van der Waals surface area contributed by atoms with Gasteiger partial charge in [-0.25, -0.2) is 14.5 Å². The number of hydrogen-bond donors (Lipinski definition) is 4. The normalized spacial score (nSPS) is 10.7. The Morgan fingerprint density at radius 2 is 1.37 bits per heavy atom. The molecule has 0 fully saturated rings. The van der Waals surface area contributed by atoms with Gasteiger partial charge in [0.05, 0.1) is 11.1 Å². The number of carbonyl (C=O) groups is 2. The SMILES string of the molecule is NOOc1ccc(C(=O)O)c(C(=O)Oc2ccc(Cc3ccc(OOCc4cc(O)ccc4COO)cc3)cc2)c1. The van der Waals surface area contributed by atoms with Gasteiger partial charge in [-0.3, -0.25) is 5.26 Å². The van der Waals surface area contributed by atoms with Crippen LogP contribution in [0.25, 0.3) is 0 Å². The number of carbonyl (C=O) groups excluding carboxylic acids is 1. The molecule has 0 unspecified atom stereocenters. The summed E-state index contributed by atoms with van der Waals surface area (Å²) in [5.41, 5.74) is 2.63. The van der Waals surface area contributed by atoms with Crippen LogP contribution in [0.3, 0.4) is 0 Å². The van der Waals surface area contributed by atoms with Gasteiger partial charge in [0, 0.05) is 0 Å². The fourth-order valence-electron chi connectivity index (χ4n) is 3.84. The highest BCUT2D eigenvalue weighted by molar-refractivity contribution is 6.03. The van der Waals surface area contributed by atoms with E-state index in [1.54, 1.807) is 42.5 Å². The summed E-state index contributed by atoms with van der Waals surface area (Å²) < 4.78 is 5.35. The molecule has 0 bridgehead atoms. The van der Waals surface area contributed by atoms with Crippen LogP contribution in [0.15, 0.2) is 84.9 Å². The fourth-order valence-corrected chi connectivity index (χ4v) is 3.84. The number of aromatic carboxylic acids is 1. The topological polar surface area (TPSA) is 176 Å². The van der Waals surface area contributed by atoms with E-state index in [1.807, 2.05) is 12.1 Å². The molecule has 4 rings (SSSR count). The highest BCUT2D eigenvalue weighted by Gasteiger charge is 2.20. The second-order valence-electron chi connectivity index (χ2n) is 8.62. The van der Waals surface area contributed by atoms with Gasteiger partial charge in [-0.05, 0) is 83.3 Å². The number of benzene rings is 4. The molecule has 12 nitrogen and oxygen atoms in total. The molecule has 0 heterocycles. The number of nitrogens with two attached hydrogens (primary N) is 1. The van der Waals surface area contributed by atoms with Crippen molar-refractivity contribution in [2.45, 2.75) is 19.6 Å². The third-order valence-electron chi connectivity index (χ3n) is 5.83. The summed E-state index contributed by atoms with van der Waals surface area (Å²) in [6, 6.07) is 22.1. The minimum atomic E-state index is -1.31. The number of ether oxygens (including phenoxy) is 1. The van der Waals surface area contributed by atoms with Crippen molar-refractivity contribution in [3.8, 4) is 23.0 Å². The number of rotatable bonds is 13. The summed E-state index contributed by atoms with van der Waals surface area (Å²) in [7, 11) is 0. The van der Waals surface area contributed by atoms with Crippen molar-refractivity contribution in [1.82, 2.24) is 0 Å². The van der Waals surface area contributed by atoms with Crippen molar-refractivity contribution in [2.24, 2.45) is 5.90 Å². The van der Waals surface area contributed by atoms with E-state index in [4.69, 9.17) is 25.7 Å². The van der Waals surface area contributed by atoms with Crippen LogP contribution in [0.4, 0.5) is 0 Å². The van der Waals surface area contributed by atoms with Gasteiger partial charge in [0.15, 0.2) is 11.5 Å². The largest absolute Gasteiger partial charge is 0.508 e. The maximum absolute atomic E-state index is 12.7. The standard InChI is InChI=1S/C29H25NO11/c30-41-40-25-11-12-26(28(32)33)27(15-25)29(34)38-23-7-1-18(2-8-23)13-19-3-9-24(10-4-19)39-37-17-21-14-22(31)6-5-20(21)16-36-35/h1-12,14-15,31,35H,13,16-17,30H2,(H,32,33). The molecule has 0 atom stereocenters. The zero-order chi connectivity index (χ0) is 29.2. The first-order valence-electron chi connectivity index (χ1n) is 12.0. The Balaban J connectivity index is 1.32. The average Bonchev–Trinajstić information content (AvgIpc) is 2.96. The molecule has 41 heavy (non-hydrogen) atoms. The third kappa shape index (κ3) is 8.02. The van der Waals surface area contributed by atoms with E-state index in [0.29, 0.717) is 23.3 Å². The number of aromatic hydroxyl groups is 1. The Labute approximate surface area is 233 Å². The first kappa shape index (κ1) is 29.0.